The van der Waals surface area contributed by atoms with Crippen LogP contribution in [0.3, 0.4) is 0 Å². The lowest BCUT2D eigenvalue weighted by molar-refractivity contribution is -0.120. The second kappa shape index (κ2) is 10.5. The molecule has 0 spiro atoms. The second-order valence-corrected chi connectivity index (χ2v) is 5.81. The summed E-state index contributed by atoms with van der Waals surface area (Å²) in [7, 11) is 5.73. The van der Waals surface area contributed by atoms with Crippen LogP contribution in [0.1, 0.15) is 32.1 Å². The molecular formula is C18H30N4O. The maximum absolute atomic E-state index is 11.1. The summed E-state index contributed by atoms with van der Waals surface area (Å²) < 4.78 is 0. The van der Waals surface area contributed by atoms with Gasteiger partial charge in [0.15, 0.2) is 0 Å². The first kappa shape index (κ1) is 18.9. The summed E-state index contributed by atoms with van der Waals surface area (Å²) in [6, 6.07) is 8.23. The summed E-state index contributed by atoms with van der Waals surface area (Å²) in [5.74, 6) is 0.939. The third-order valence-electron chi connectivity index (χ3n) is 3.63. The molecule has 1 amide bonds. The van der Waals surface area contributed by atoms with Crippen molar-refractivity contribution in [3.05, 3.63) is 36.7 Å². The first-order valence-electron chi connectivity index (χ1n) is 8.20. The van der Waals surface area contributed by atoms with Gasteiger partial charge in [-0.15, -0.1) is 0 Å². The largest absolute Gasteiger partial charge is 0.378 e. The molecular weight excluding hydrogens is 288 g/mol. The minimum atomic E-state index is 0.126. The van der Waals surface area contributed by atoms with Gasteiger partial charge in [0.25, 0.3) is 0 Å². The number of anilines is 2. The highest BCUT2D eigenvalue weighted by Gasteiger charge is 1.99. The van der Waals surface area contributed by atoms with Crippen LogP contribution in [0.2, 0.25) is 0 Å². The molecule has 0 aliphatic carbocycles. The van der Waals surface area contributed by atoms with Crippen molar-refractivity contribution >= 4 is 17.3 Å². The summed E-state index contributed by atoms with van der Waals surface area (Å²) >= 11 is 0. The van der Waals surface area contributed by atoms with E-state index in [0.29, 0.717) is 6.42 Å². The van der Waals surface area contributed by atoms with Crippen LogP contribution in [-0.2, 0) is 4.79 Å². The van der Waals surface area contributed by atoms with Gasteiger partial charge in [-0.3, -0.25) is 4.79 Å². The molecule has 3 N–H and O–H groups in total. The Labute approximate surface area is 140 Å². The number of hydrogen-bond acceptors (Lipinski definition) is 4. The summed E-state index contributed by atoms with van der Waals surface area (Å²) in [5, 5.41) is 9.18. The van der Waals surface area contributed by atoms with Crippen LogP contribution in [0, 0.1) is 0 Å². The number of nitrogens with zero attached hydrogens (tertiary/aromatic N) is 1. The lowest BCUT2D eigenvalue weighted by Gasteiger charge is -2.15. The Bertz CT molecular complexity index is 482. The molecule has 0 radical (unpaired) electrons. The fraction of sp³-hybridized carbons (Fsp3) is 0.500. The second-order valence-electron chi connectivity index (χ2n) is 5.81. The van der Waals surface area contributed by atoms with E-state index in [-0.39, 0.29) is 5.91 Å². The molecule has 0 atom stereocenters. The standard InChI is InChI=1S/C18H30N4O/c1-15(20-14-8-6-5-7-9-18(23)19-2)21-16-10-12-17(13-11-16)22(3)4/h10-13,20-21H,1,5-9,14H2,2-4H3,(H,19,23). The van der Waals surface area contributed by atoms with Crippen molar-refractivity contribution in [2.24, 2.45) is 0 Å². The van der Waals surface area contributed by atoms with Crippen LogP contribution in [-0.4, -0.2) is 33.6 Å². The Morgan fingerprint density at radius 1 is 1.09 bits per heavy atom. The van der Waals surface area contributed by atoms with Gasteiger partial charge in [0.05, 0.1) is 5.82 Å². The van der Waals surface area contributed by atoms with Crippen molar-refractivity contribution in [2.45, 2.75) is 32.1 Å². The Kier molecular flexibility index (Phi) is 8.65. The Hall–Kier alpha value is -2.17. The number of carbonyl (C=O) groups is 1. The van der Waals surface area contributed by atoms with Crippen LogP contribution >= 0.6 is 0 Å². The normalized spacial score (nSPS) is 10.0. The number of carbonyl (C=O) groups excluding carboxylic acids is 1. The first-order chi connectivity index (χ1) is 11.0. The van der Waals surface area contributed by atoms with Crippen LogP contribution in [0.5, 0.6) is 0 Å². The highest BCUT2D eigenvalue weighted by atomic mass is 16.1. The maximum Gasteiger partial charge on any atom is 0.219 e. The fourth-order valence-corrected chi connectivity index (χ4v) is 2.19. The Balaban J connectivity index is 2.11. The van der Waals surface area contributed by atoms with Crippen molar-refractivity contribution in [3.8, 4) is 0 Å². The number of unbranched alkanes of at least 4 members (excludes halogenated alkanes) is 3. The van der Waals surface area contributed by atoms with Gasteiger partial charge in [0, 0.05) is 45.5 Å². The van der Waals surface area contributed by atoms with Crippen molar-refractivity contribution in [2.75, 3.05) is 37.9 Å². The smallest absolute Gasteiger partial charge is 0.219 e. The van der Waals surface area contributed by atoms with Gasteiger partial charge in [0.1, 0.15) is 0 Å². The lowest BCUT2D eigenvalue weighted by Crippen LogP contribution is -2.20. The molecule has 5 heteroatoms. The predicted molar refractivity (Wildman–Crippen MR) is 98.7 cm³/mol. The molecule has 0 bridgehead atoms. The van der Waals surface area contributed by atoms with E-state index in [1.165, 1.54) is 5.69 Å². The zero-order valence-corrected chi connectivity index (χ0v) is 14.6. The van der Waals surface area contributed by atoms with Crippen LogP contribution in [0.4, 0.5) is 11.4 Å². The number of rotatable bonds is 11. The van der Waals surface area contributed by atoms with E-state index >= 15 is 0 Å². The maximum atomic E-state index is 11.1. The van der Waals surface area contributed by atoms with Gasteiger partial charge in [-0.2, -0.15) is 0 Å². The third kappa shape index (κ3) is 8.14. The van der Waals surface area contributed by atoms with E-state index in [1.54, 1.807) is 7.05 Å². The van der Waals surface area contributed by atoms with E-state index in [1.807, 2.05) is 26.2 Å². The van der Waals surface area contributed by atoms with Crippen molar-refractivity contribution in [3.63, 3.8) is 0 Å². The van der Waals surface area contributed by atoms with Crippen LogP contribution < -0.4 is 20.9 Å². The Morgan fingerprint density at radius 3 is 2.35 bits per heavy atom. The average Bonchev–Trinajstić information content (AvgIpc) is 2.54. The molecule has 0 aliphatic rings. The highest BCUT2D eigenvalue weighted by molar-refractivity contribution is 5.75. The molecule has 0 saturated heterocycles. The monoisotopic (exact) mass is 318 g/mol. The summed E-state index contributed by atoms with van der Waals surface area (Å²) in [6.07, 6.45) is 4.86. The van der Waals surface area contributed by atoms with Crippen LogP contribution in [0.25, 0.3) is 0 Å². The SMILES string of the molecule is C=C(NCCCCCCC(=O)NC)Nc1ccc(N(C)C)cc1. The quantitative estimate of drug-likeness (QED) is 0.549. The molecule has 0 aliphatic heterocycles. The number of benzene rings is 1. The molecule has 0 aromatic heterocycles. The average molecular weight is 318 g/mol. The van der Waals surface area contributed by atoms with E-state index in [0.717, 1.165) is 43.7 Å². The molecule has 128 valence electrons. The zero-order chi connectivity index (χ0) is 17.1. The number of nitrogens with one attached hydrogen (secondary N) is 3. The molecule has 1 aromatic carbocycles. The van der Waals surface area contributed by atoms with Gasteiger partial charge >= 0.3 is 0 Å². The summed E-state index contributed by atoms with van der Waals surface area (Å²) in [6.45, 7) is 4.88. The van der Waals surface area contributed by atoms with Gasteiger partial charge in [-0.1, -0.05) is 19.4 Å². The number of hydrogen-bond donors (Lipinski definition) is 3. The van der Waals surface area contributed by atoms with Crippen LogP contribution in [0.15, 0.2) is 36.7 Å². The zero-order valence-electron chi connectivity index (χ0n) is 14.6. The molecule has 0 heterocycles. The van der Waals surface area contributed by atoms with Gasteiger partial charge in [0.2, 0.25) is 5.91 Å². The summed E-state index contributed by atoms with van der Waals surface area (Å²) in [5.41, 5.74) is 2.20. The molecule has 0 fully saturated rings. The highest BCUT2D eigenvalue weighted by Crippen LogP contribution is 2.16. The fourth-order valence-electron chi connectivity index (χ4n) is 2.19. The van der Waals surface area contributed by atoms with E-state index in [9.17, 15) is 4.79 Å². The van der Waals surface area contributed by atoms with E-state index < -0.39 is 0 Å². The minimum Gasteiger partial charge on any atom is -0.378 e. The molecule has 1 aromatic rings. The molecule has 5 nitrogen and oxygen atoms in total. The first-order valence-corrected chi connectivity index (χ1v) is 8.20. The molecule has 0 saturated carbocycles. The Morgan fingerprint density at radius 2 is 1.74 bits per heavy atom. The third-order valence-corrected chi connectivity index (χ3v) is 3.63. The number of amides is 1. The molecule has 0 unspecified atom stereocenters. The van der Waals surface area contributed by atoms with Gasteiger partial charge < -0.3 is 20.9 Å². The van der Waals surface area contributed by atoms with E-state index in [2.05, 4.69) is 39.6 Å². The van der Waals surface area contributed by atoms with Crippen molar-refractivity contribution in [1.82, 2.24) is 10.6 Å². The van der Waals surface area contributed by atoms with Crippen molar-refractivity contribution < 1.29 is 4.79 Å². The minimum absolute atomic E-state index is 0.126. The van der Waals surface area contributed by atoms with E-state index in [4.69, 9.17) is 0 Å². The predicted octanol–water partition coefficient (Wildman–Crippen LogP) is 2.92. The van der Waals surface area contributed by atoms with Crippen molar-refractivity contribution in [1.29, 1.82) is 0 Å². The molecule has 1 rings (SSSR count). The van der Waals surface area contributed by atoms with Gasteiger partial charge in [-0.25, -0.2) is 0 Å². The van der Waals surface area contributed by atoms with Gasteiger partial charge in [-0.05, 0) is 37.1 Å². The summed E-state index contributed by atoms with van der Waals surface area (Å²) in [4.78, 5) is 13.1. The lowest BCUT2D eigenvalue weighted by atomic mass is 10.1. The topological polar surface area (TPSA) is 56.4 Å². The molecule has 23 heavy (non-hydrogen) atoms.